The van der Waals surface area contributed by atoms with Crippen molar-refractivity contribution in [1.29, 1.82) is 0 Å². The lowest BCUT2D eigenvalue weighted by Gasteiger charge is -2.13. The van der Waals surface area contributed by atoms with Crippen molar-refractivity contribution in [3.8, 4) is 0 Å². The van der Waals surface area contributed by atoms with Crippen molar-refractivity contribution in [3.05, 3.63) is 57.9 Å². The van der Waals surface area contributed by atoms with E-state index < -0.39 is 0 Å². The van der Waals surface area contributed by atoms with Crippen LogP contribution in [0.4, 0.5) is 0 Å². The summed E-state index contributed by atoms with van der Waals surface area (Å²) in [6.45, 7) is 3.90. The summed E-state index contributed by atoms with van der Waals surface area (Å²) in [7, 11) is 1.87. The minimum atomic E-state index is -0.180. The van der Waals surface area contributed by atoms with E-state index in [-0.39, 0.29) is 23.9 Å². The molecule has 0 bridgehead atoms. The molecule has 0 spiro atoms. The highest BCUT2D eigenvalue weighted by Gasteiger charge is 2.15. The number of fused-ring (bicyclic) bond motifs is 1. The van der Waals surface area contributed by atoms with Gasteiger partial charge in [0.2, 0.25) is 5.91 Å². The number of para-hydroxylation sites is 1. The van der Waals surface area contributed by atoms with E-state index in [1.165, 1.54) is 0 Å². The molecule has 1 aromatic carbocycles. The Morgan fingerprint density at radius 1 is 1.36 bits per heavy atom. The van der Waals surface area contributed by atoms with Crippen LogP contribution in [0, 0.1) is 6.92 Å². The van der Waals surface area contributed by atoms with E-state index in [0.29, 0.717) is 23.1 Å². The number of hydrogen-bond donors (Lipinski definition) is 2. The third-order valence-electron chi connectivity index (χ3n) is 4.37. The molecule has 0 radical (unpaired) electrons. The Morgan fingerprint density at radius 2 is 2.12 bits per heavy atom. The Balaban J connectivity index is 1.64. The summed E-state index contributed by atoms with van der Waals surface area (Å²) in [6.07, 6.45) is 2.40. The molecule has 0 aliphatic rings. The van der Waals surface area contributed by atoms with E-state index in [9.17, 15) is 9.59 Å². The summed E-state index contributed by atoms with van der Waals surface area (Å²) in [6, 6.07) is 7.04. The second kappa shape index (κ2) is 6.88. The molecule has 0 fully saturated rings. The molecule has 1 atom stereocenters. The summed E-state index contributed by atoms with van der Waals surface area (Å²) in [4.78, 5) is 31.4. The van der Waals surface area contributed by atoms with Gasteiger partial charge in [0.15, 0.2) is 0 Å². The first-order chi connectivity index (χ1) is 12.0. The van der Waals surface area contributed by atoms with Crippen LogP contribution in [-0.4, -0.2) is 25.7 Å². The monoisotopic (exact) mass is 339 g/mol. The molecule has 0 aliphatic heterocycles. The highest BCUT2D eigenvalue weighted by molar-refractivity contribution is 5.78. The number of rotatable bonds is 5. The van der Waals surface area contributed by atoms with Gasteiger partial charge in [-0.3, -0.25) is 14.3 Å². The van der Waals surface area contributed by atoms with Crippen LogP contribution in [0.25, 0.3) is 10.9 Å². The van der Waals surface area contributed by atoms with Crippen LogP contribution in [0.5, 0.6) is 0 Å². The predicted molar refractivity (Wildman–Crippen MR) is 95.2 cm³/mol. The number of aromatic nitrogens is 4. The largest absolute Gasteiger partial charge is 0.349 e. The molecule has 0 saturated heterocycles. The molecule has 3 rings (SSSR count). The minimum absolute atomic E-state index is 0.0911. The summed E-state index contributed by atoms with van der Waals surface area (Å²) >= 11 is 0. The molecule has 2 N–H and O–H groups in total. The molecule has 1 amide bonds. The van der Waals surface area contributed by atoms with Crippen LogP contribution in [0.15, 0.2) is 35.3 Å². The fourth-order valence-corrected chi connectivity index (χ4v) is 2.82. The SMILES string of the molecule is Cc1c([C@H](C)NC(=O)CCc2nc3ccccc3c(=O)[nH]2)cnn1C. The molecule has 0 unspecified atom stereocenters. The van der Waals surface area contributed by atoms with Gasteiger partial charge in [-0.1, -0.05) is 12.1 Å². The number of benzene rings is 1. The summed E-state index contributed by atoms with van der Waals surface area (Å²) in [5.41, 5.74) is 2.47. The molecule has 2 heterocycles. The maximum Gasteiger partial charge on any atom is 0.258 e. The molecule has 2 aromatic heterocycles. The van der Waals surface area contributed by atoms with Gasteiger partial charge in [-0.15, -0.1) is 0 Å². The van der Waals surface area contributed by atoms with E-state index in [0.717, 1.165) is 11.3 Å². The lowest BCUT2D eigenvalue weighted by molar-refractivity contribution is -0.121. The van der Waals surface area contributed by atoms with Gasteiger partial charge < -0.3 is 10.3 Å². The van der Waals surface area contributed by atoms with Crippen LogP contribution >= 0.6 is 0 Å². The molecule has 0 saturated carbocycles. The smallest absolute Gasteiger partial charge is 0.258 e. The Morgan fingerprint density at radius 3 is 2.84 bits per heavy atom. The van der Waals surface area contributed by atoms with Crippen molar-refractivity contribution in [3.63, 3.8) is 0 Å². The zero-order chi connectivity index (χ0) is 18.0. The van der Waals surface area contributed by atoms with Gasteiger partial charge in [0.05, 0.1) is 23.1 Å². The molecule has 7 nitrogen and oxygen atoms in total. The average Bonchev–Trinajstić information content (AvgIpc) is 2.92. The van der Waals surface area contributed by atoms with Crippen LogP contribution < -0.4 is 10.9 Å². The normalized spacial score (nSPS) is 12.3. The van der Waals surface area contributed by atoms with Gasteiger partial charge >= 0.3 is 0 Å². The molecular weight excluding hydrogens is 318 g/mol. The second-order valence-corrected chi connectivity index (χ2v) is 6.13. The number of nitrogens with one attached hydrogen (secondary N) is 2. The number of H-pyrrole nitrogens is 1. The number of aromatic amines is 1. The van der Waals surface area contributed by atoms with Gasteiger partial charge in [0.25, 0.3) is 5.56 Å². The maximum absolute atomic E-state index is 12.2. The molecule has 130 valence electrons. The van der Waals surface area contributed by atoms with Crippen LogP contribution in [0.2, 0.25) is 0 Å². The van der Waals surface area contributed by atoms with Crippen molar-refractivity contribution in [2.75, 3.05) is 0 Å². The number of carbonyl (C=O) groups is 1. The lowest BCUT2D eigenvalue weighted by Crippen LogP contribution is -2.27. The van der Waals surface area contributed by atoms with E-state index in [4.69, 9.17) is 0 Å². The van der Waals surface area contributed by atoms with Crippen molar-refractivity contribution in [1.82, 2.24) is 25.1 Å². The number of carbonyl (C=O) groups excluding carboxylic acids is 1. The van der Waals surface area contributed by atoms with E-state index in [2.05, 4.69) is 20.4 Å². The quantitative estimate of drug-likeness (QED) is 0.741. The highest BCUT2D eigenvalue weighted by atomic mass is 16.1. The lowest BCUT2D eigenvalue weighted by atomic mass is 10.1. The van der Waals surface area contributed by atoms with Crippen molar-refractivity contribution in [2.45, 2.75) is 32.7 Å². The van der Waals surface area contributed by atoms with Gasteiger partial charge in [0, 0.05) is 31.1 Å². The number of amides is 1. The Labute approximate surface area is 145 Å². The predicted octanol–water partition coefficient (Wildman–Crippen LogP) is 1.78. The fourth-order valence-electron chi connectivity index (χ4n) is 2.82. The second-order valence-electron chi connectivity index (χ2n) is 6.13. The standard InChI is InChI=1S/C18H21N5O2/c1-11(14-10-19-23(3)12(14)2)20-17(24)9-8-16-21-15-7-5-4-6-13(15)18(25)22-16/h4-7,10-11H,8-9H2,1-3H3,(H,20,24)(H,21,22,25)/t11-/m0/s1. The van der Waals surface area contributed by atoms with E-state index in [1.54, 1.807) is 29.1 Å². The first kappa shape index (κ1) is 16.9. The summed E-state index contributed by atoms with van der Waals surface area (Å²) in [5.74, 6) is 0.427. The highest BCUT2D eigenvalue weighted by Crippen LogP contribution is 2.16. The zero-order valence-electron chi connectivity index (χ0n) is 14.5. The Kier molecular flexibility index (Phi) is 4.65. The van der Waals surface area contributed by atoms with Crippen molar-refractivity contribution >= 4 is 16.8 Å². The van der Waals surface area contributed by atoms with Crippen molar-refractivity contribution < 1.29 is 4.79 Å². The first-order valence-corrected chi connectivity index (χ1v) is 8.21. The van der Waals surface area contributed by atoms with Gasteiger partial charge in [0.1, 0.15) is 5.82 Å². The summed E-state index contributed by atoms with van der Waals surface area (Å²) in [5, 5.41) is 7.70. The summed E-state index contributed by atoms with van der Waals surface area (Å²) < 4.78 is 1.78. The number of aryl methyl sites for hydroxylation is 2. The van der Waals surface area contributed by atoms with Crippen LogP contribution in [0.1, 0.15) is 36.5 Å². The van der Waals surface area contributed by atoms with E-state index >= 15 is 0 Å². The molecule has 3 aromatic rings. The minimum Gasteiger partial charge on any atom is -0.349 e. The Hall–Kier alpha value is -2.96. The number of nitrogens with zero attached hydrogens (tertiary/aromatic N) is 3. The molecule has 25 heavy (non-hydrogen) atoms. The maximum atomic E-state index is 12.2. The van der Waals surface area contributed by atoms with Gasteiger partial charge in [-0.2, -0.15) is 5.10 Å². The fraction of sp³-hybridized carbons (Fsp3) is 0.333. The molecule has 7 heteroatoms. The molecule has 0 aliphatic carbocycles. The van der Waals surface area contributed by atoms with Gasteiger partial charge in [-0.25, -0.2) is 4.98 Å². The van der Waals surface area contributed by atoms with E-state index in [1.807, 2.05) is 27.0 Å². The molecular formula is C18H21N5O2. The van der Waals surface area contributed by atoms with Crippen LogP contribution in [0.3, 0.4) is 0 Å². The Bertz CT molecular complexity index is 973. The zero-order valence-corrected chi connectivity index (χ0v) is 14.5. The third-order valence-corrected chi connectivity index (χ3v) is 4.37. The first-order valence-electron chi connectivity index (χ1n) is 8.21. The number of hydrogen-bond acceptors (Lipinski definition) is 4. The average molecular weight is 339 g/mol. The van der Waals surface area contributed by atoms with Gasteiger partial charge in [-0.05, 0) is 26.0 Å². The van der Waals surface area contributed by atoms with Crippen LogP contribution in [-0.2, 0) is 18.3 Å². The third kappa shape index (κ3) is 3.60. The topological polar surface area (TPSA) is 92.7 Å². The van der Waals surface area contributed by atoms with Crippen molar-refractivity contribution in [2.24, 2.45) is 7.05 Å².